The van der Waals surface area contributed by atoms with Crippen LogP contribution in [0.25, 0.3) is 16.9 Å². The molecule has 3 aromatic rings. The molecule has 1 aliphatic heterocycles. The van der Waals surface area contributed by atoms with Gasteiger partial charge in [-0.2, -0.15) is 5.10 Å². The summed E-state index contributed by atoms with van der Waals surface area (Å²) < 4.78 is 3.24. The van der Waals surface area contributed by atoms with Gasteiger partial charge in [0.05, 0.1) is 16.9 Å². The van der Waals surface area contributed by atoms with Gasteiger partial charge in [0.15, 0.2) is 5.78 Å². The Morgan fingerprint density at radius 1 is 1.06 bits per heavy atom. The summed E-state index contributed by atoms with van der Waals surface area (Å²) in [4.78, 5) is 17.9. The number of halogens is 1. The van der Waals surface area contributed by atoms with Crippen LogP contribution in [0.4, 0.5) is 5.69 Å². The zero-order valence-electron chi connectivity index (χ0n) is 18.2. The Kier molecular flexibility index (Phi) is 5.38. The van der Waals surface area contributed by atoms with Crippen molar-refractivity contribution in [2.45, 2.75) is 18.8 Å². The van der Waals surface area contributed by atoms with E-state index < -0.39 is 0 Å². The fourth-order valence-corrected chi connectivity index (χ4v) is 5.36. The maximum absolute atomic E-state index is 13.4. The molecule has 2 unspecified atom stereocenters. The minimum atomic E-state index is 0.240. The van der Waals surface area contributed by atoms with Crippen molar-refractivity contribution < 1.29 is 4.79 Å². The number of likely N-dealkylation sites (tertiary alicyclic amines) is 1. The minimum Gasteiger partial charge on any atom is -0.378 e. The number of rotatable bonds is 3. The molecule has 2 aromatic carbocycles. The van der Waals surface area contributed by atoms with Gasteiger partial charge in [-0.25, -0.2) is 4.68 Å². The Bertz CT molecular complexity index is 1120. The molecule has 2 atom stereocenters. The van der Waals surface area contributed by atoms with Crippen LogP contribution in [0.2, 0.25) is 0 Å². The first-order valence-electron chi connectivity index (χ1n) is 10.8. The van der Waals surface area contributed by atoms with Crippen molar-refractivity contribution in [3.8, 4) is 16.9 Å². The van der Waals surface area contributed by atoms with Crippen LogP contribution in [0.5, 0.6) is 0 Å². The summed E-state index contributed by atoms with van der Waals surface area (Å²) in [6.45, 7) is 2.03. The fraction of sp³-hybridized carbons (Fsp3) is 0.360. The lowest BCUT2D eigenvalue weighted by atomic mass is 9.73. The molecular weight excluding hydrogens is 499 g/mol. The van der Waals surface area contributed by atoms with E-state index >= 15 is 0 Å². The van der Waals surface area contributed by atoms with Gasteiger partial charge in [-0.1, -0.05) is 12.1 Å². The highest BCUT2D eigenvalue weighted by Gasteiger charge is 2.42. The molecule has 5 nitrogen and oxygen atoms in total. The average Bonchev–Trinajstić information content (AvgIpc) is 3.16. The van der Waals surface area contributed by atoms with Gasteiger partial charge in [0.25, 0.3) is 0 Å². The second kappa shape index (κ2) is 8.06. The average molecular weight is 526 g/mol. The van der Waals surface area contributed by atoms with Crippen molar-refractivity contribution in [3.63, 3.8) is 0 Å². The summed E-state index contributed by atoms with van der Waals surface area (Å²) in [5.74, 6) is 0.969. The maximum Gasteiger partial charge on any atom is 0.167 e. The van der Waals surface area contributed by atoms with Crippen LogP contribution in [0.3, 0.4) is 0 Å². The minimum absolute atomic E-state index is 0.240. The van der Waals surface area contributed by atoms with Crippen LogP contribution < -0.4 is 4.90 Å². The molecule has 2 aliphatic rings. The number of carbonyl (C=O) groups excluding carboxylic acids is 1. The lowest BCUT2D eigenvalue weighted by Gasteiger charge is -2.39. The van der Waals surface area contributed by atoms with Gasteiger partial charge in [-0.3, -0.25) is 4.79 Å². The second-order valence-electron chi connectivity index (χ2n) is 8.98. The number of hydrogen-bond acceptors (Lipinski definition) is 4. The molecule has 0 amide bonds. The molecule has 1 aliphatic carbocycles. The SMILES string of the molecule is CN1CCC2CC(=O)c3c(-c4ccc(N(C)C)cc4)nn(-c4ccc(I)cc4)c3C2C1. The smallest absolute Gasteiger partial charge is 0.167 e. The van der Waals surface area contributed by atoms with Gasteiger partial charge < -0.3 is 9.80 Å². The lowest BCUT2D eigenvalue weighted by molar-refractivity contribution is 0.0884. The normalized spacial score (nSPS) is 21.0. The predicted octanol–water partition coefficient (Wildman–Crippen LogP) is 4.83. The highest BCUT2D eigenvalue weighted by Crippen LogP contribution is 2.45. The summed E-state index contributed by atoms with van der Waals surface area (Å²) in [6.07, 6.45) is 1.70. The first kappa shape index (κ1) is 20.7. The Hall–Kier alpha value is -2.19. The van der Waals surface area contributed by atoms with E-state index in [2.05, 4.69) is 92.7 Å². The van der Waals surface area contributed by atoms with Crippen LogP contribution >= 0.6 is 22.6 Å². The van der Waals surface area contributed by atoms with Crippen LogP contribution in [0.15, 0.2) is 48.5 Å². The number of piperidine rings is 1. The number of carbonyl (C=O) groups is 1. The van der Waals surface area contributed by atoms with Gasteiger partial charge >= 0.3 is 0 Å². The molecule has 6 heteroatoms. The van der Waals surface area contributed by atoms with Crippen molar-refractivity contribution in [1.29, 1.82) is 0 Å². The van der Waals surface area contributed by atoms with Gasteiger partial charge in [-0.15, -0.1) is 0 Å². The first-order valence-corrected chi connectivity index (χ1v) is 11.9. The molecule has 1 fully saturated rings. The topological polar surface area (TPSA) is 41.4 Å². The van der Waals surface area contributed by atoms with Crippen molar-refractivity contribution in [2.24, 2.45) is 5.92 Å². The third-order valence-electron chi connectivity index (χ3n) is 6.69. The summed E-state index contributed by atoms with van der Waals surface area (Å²) in [5, 5.41) is 5.06. The van der Waals surface area contributed by atoms with Gasteiger partial charge in [0.1, 0.15) is 5.69 Å². The summed E-state index contributed by atoms with van der Waals surface area (Å²) in [6, 6.07) is 16.8. The standard InChI is InChI=1S/C25H27IN4O/c1-28(2)19-8-4-16(5-9-19)24-23-22(31)14-17-12-13-29(3)15-21(17)25(23)30(27-24)20-10-6-18(26)7-11-20/h4-11,17,21H,12-15H2,1-3H3. The molecule has 160 valence electrons. The highest BCUT2D eigenvalue weighted by atomic mass is 127. The van der Waals surface area contributed by atoms with Gasteiger partial charge in [-0.05, 0) is 84.9 Å². The molecule has 5 rings (SSSR count). The quantitative estimate of drug-likeness (QED) is 0.459. The number of anilines is 1. The molecule has 0 bridgehead atoms. The molecule has 0 radical (unpaired) electrons. The van der Waals surface area contributed by atoms with Crippen molar-refractivity contribution >= 4 is 34.1 Å². The molecule has 2 heterocycles. The number of aromatic nitrogens is 2. The number of nitrogens with zero attached hydrogens (tertiary/aromatic N) is 4. The number of hydrogen-bond donors (Lipinski definition) is 0. The third kappa shape index (κ3) is 3.69. The molecule has 0 saturated carbocycles. The monoisotopic (exact) mass is 526 g/mol. The number of fused-ring (bicyclic) bond motifs is 3. The van der Waals surface area contributed by atoms with Gasteiger partial charge in [0, 0.05) is 47.8 Å². The van der Waals surface area contributed by atoms with Crippen LogP contribution in [-0.4, -0.2) is 54.7 Å². The number of Topliss-reactive ketones (excluding diaryl/α,β-unsaturated/α-hetero) is 1. The van der Waals surface area contributed by atoms with E-state index in [1.165, 1.54) is 3.57 Å². The third-order valence-corrected chi connectivity index (χ3v) is 7.41. The second-order valence-corrected chi connectivity index (χ2v) is 10.2. The van der Waals surface area contributed by atoms with E-state index in [1.807, 2.05) is 14.1 Å². The molecule has 31 heavy (non-hydrogen) atoms. The summed E-state index contributed by atoms with van der Waals surface area (Å²) in [7, 11) is 6.25. The van der Waals surface area contributed by atoms with E-state index in [9.17, 15) is 4.79 Å². The fourth-order valence-electron chi connectivity index (χ4n) is 5.00. The Morgan fingerprint density at radius 2 is 1.77 bits per heavy atom. The Balaban J connectivity index is 1.71. The molecule has 0 N–H and O–H groups in total. The number of benzene rings is 2. The summed E-state index contributed by atoms with van der Waals surface area (Å²) in [5.41, 5.74) is 5.90. The molecule has 1 aromatic heterocycles. The van der Waals surface area contributed by atoms with Crippen LogP contribution in [0.1, 0.15) is 34.8 Å². The Morgan fingerprint density at radius 3 is 2.45 bits per heavy atom. The van der Waals surface area contributed by atoms with Crippen molar-refractivity contribution in [2.75, 3.05) is 39.1 Å². The Labute approximate surface area is 197 Å². The number of ketones is 1. The molecule has 1 saturated heterocycles. The zero-order valence-corrected chi connectivity index (χ0v) is 20.3. The predicted molar refractivity (Wildman–Crippen MR) is 133 cm³/mol. The number of likely N-dealkylation sites (N-methyl/N-ethyl adjacent to an activating group) is 1. The van der Waals surface area contributed by atoms with E-state index in [0.29, 0.717) is 18.3 Å². The van der Waals surface area contributed by atoms with Crippen molar-refractivity contribution in [1.82, 2.24) is 14.7 Å². The van der Waals surface area contributed by atoms with E-state index in [4.69, 9.17) is 5.10 Å². The molecule has 0 spiro atoms. The van der Waals surface area contributed by atoms with E-state index in [1.54, 1.807) is 0 Å². The first-order chi connectivity index (χ1) is 14.9. The maximum atomic E-state index is 13.4. The van der Waals surface area contributed by atoms with Gasteiger partial charge in [0.2, 0.25) is 0 Å². The van der Waals surface area contributed by atoms with Crippen LogP contribution in [0, 0.1) is 9.49 Å². The lowest BCUT2D eigenvalue weighted by Crippen LogP contribution is -2.41. The van der Waals surface area contributed by atoms with E-state index in [-0.39, 0.29) is 5.78 Å². The van der Waals surface area contributed by atoms with E-state index in [0.717, 1.165) is 53.4 Å². The summed E-state index contributed by atoms with van der Waals surface area (Å²) >= 11 is 2.32. The molecular formula is C25H27IN4O. The van der Waals surface area contributed by atoms with Crippen molar-refractivity contribution in [3.05, 3.63) is 63.4 Å². The zero-order chi connectivity index (χ0) is 21.7. The largest absolute Gasteiger partial charge is 0.378 e. The highest BCUT2D eigenvalue weighted by molar-refractivity contribution is 14.1. The van der Waals surface area contributed by atoms with Crippen LogP contribution in [-0.2, 0) is 0 Å².